The lowest BCUT2D eigenvalue weighted by Crippen LogP contribution is -2.54. The summed E-state index contributed by atoms with van der Waals surface area (Å²) in [6, 6.07) is 10.4. The summed E-state index contributed by atoms with van der Waals surface area (Å²) in [5, 5.41) is 0. The van der Waals surface area contributed by atoms with E-state index >= 15 is 0 Å². The van der Waals surface area contributed by atoms with Crippen LogP contribution in [0.4, 0.5) is 23.2 Å². The molecule has 11 heteroatoms. The first-order valence-electron chi connectivity index (χ1n) is 13.3. The molecule has 2 aliphatic rings. The Morgan fingerprint density at radius 1 is 1.15 bits per heavy atom. The number of amides is 1. The molecule has 1 aromatic carbocycles. The second-order valence-electron chi connectivity index (χ2n) is 10.2. The van der Waals surface area contributed by atoms with Gasteiger partial charge in [-0.3, -0.25) is 9.78 Å². The van der Waals surface area contributed by atoms with Crippen molar-refractivity contribution >= 4 is 11.6 Å². The van der Waals surface area contributed by atoms with Crippen LogP contribution in [0.1, 0.15) is 43.0 Å². The van der Waals surface area contributed by atoms with Crippen LogP contribution in [0.15, 0.2) is 48.7 Å². The van der Waals surface area contributed by atoms with Crippen LogP contribution < -0.4 is 15.4 Å². The zero-order chi connectivity index (χ0) is 28.5. The smallest absolute Gasteiger partial charge is 0.418 e. The monoisotopic (exact) mass is 557 g/mol. The van der Waals surface area contributed by atoms with E-state index in [1.165, 1.54) is 6.07 Å². The van der Waals surface area contributed by atoms with Crippen molar-refractivity contribution in [3.63, 3.8) is 0 Å². The molecule has 1 fully saturated rings. The number of hydrogen-bond donors (Lipinski definition) is 1. The van der Waals surface area contributed by atoms with Crippen molar-refractivity contribution < 1.29 is 27.1 Å². The summed E-state index contributed by atoms with van der Waals surface area (Å²) in [6.45, 7) is 3.90. The highest BCUT2D eigenvalue weighted by Gasteiger charge is 2.45. The number of halogens is 4. The van der Waals surface area contributed by atoms with Crippen molar-refractivity contribution in [3.05, 3.63) is 71.3 Å². The third-order valence-corrected chi connectivity index (χ3v) is 7.74. The highest BCUT2D eigenvalue weighted by atomic mass is 19.4. The van der Waals surface area contributed by atoms with Crippen molar-refractivity contribution in [1.29, 1.82) is 0 Å². The van der Waals surface area contributed by atoms with Gasteiger partial charge in [0.2, 0.25) is 11.8 Å². The molecule has 0 bridgehead atoms. The number of nitrogens with two attached hydrogens (primary N) is 1. The van der Waals surface area contributed by atoms with E-state index < -0.39 is 23.0 Å². The number of carbonyl (C=O) groups is 1. The van der Waals surface area contributed by atoms with Crippen molar-refractivity contribution in [3.8, 4) is 17.1 Å². The molecule has 4 heterocycles. The second-order valence-corrected chi connectivity index (χ2v) is 10.2. The minimum absolute atomic E-state index is 0.0376. The maximum Gasteiger partial charge on any atom is 0.418 e. The van der Waals surface area contributed by atoms with Gasteiger partial charge in [-0.05, 0) is 61.7 Å². The summed E-state index contributed by atoms with van der Waals surface area (Å²) in [5.41, 5.74) is 7.30. The number of anilines is 1. The Kier molecular flexibility index (Phi) is 7.67. The van der Waals surface area contributed by atoms with Crippen LogP contribution in [0.25, 0.3) is 11.3 Å². The van der Waals surface area contributed by atoms with Gasteiger partial charge in [-0.25, -0.2) is 9.37 Å². The molecule has 0 atom stereocenters. The minimum Gasteiger partial charge on any atom is -0.477 e. The number of nitrogens with zero attached hydrogens (tertiary/aromatic N) is 4. The quantitative estimate of drug-likeness (QED) is 0.433. The largest absolute Gasteiger partial charge is 0.477 e. The summed E-state index contributed by atoms with van der Waals surface area (Å²) >= 11 is 0. The van der Waals surface area contributed by atoms with Gasteiger partial charge in [0.1, 0.15) is 5.82 Å². The molecule has 0 radical (unpaired) electrons. The predicted molar refractivity (Wildman–Crippen MR) is 142 cm³/mol. The Bertz CT molecular complexity index is 1390. The van der Waals surface area contributed by atoms with E-state index in [4.69, 9.17) is 15.5 Å². The molecule has 1 amide bonds. The standard InChI is InChI=1S/C29H31F4N5O2/c1-2-40-27-20(4-3-13-35-27)23-7-6-21-24(36-23)17-38(26(39)9-12-34)18-28(21)10-14-37(15-11-28)25-8-5-19(30)16-22(25)29(31,32)33/h3-8,13,16H,2,9-12,14-15,17-18,34H2,1H3. The van der Waals surface area contributed by atoms with E-state index in [2.05, 4.69) is 4.98 Å². The van der Waals surface area contributed by atoms with E-state index in [1.807, 2.05) is 25.1 Å². The number of piperidine rings is 1. The van der Waals surface area contributed by atoms with Crippen LogP contribution in [-0.2, 0) is 22.9 Å². The van der Waals surface area contributed by atoms with Crippen LogP contribution >= 0.6 is 0 Å². The van der Waals surface area contributed by atoms with E-state index in [-0.39, 0.29) is 24.6 Å². The minimum atomic E-state index is -4.68. The van der Waals surface area contributed by atoms with Gasteiger partial charge in [-0.15, -0.1) is 0 Å². The van der Waals surface area contributed by atoms with Crippen LogP contribution in [0, 0.1) is 5.82 Å². The summed E-state index contributed by atoms with van der Waals surface area (Å²) in [5.74, 6) is -0.550. The van der Waals surface area contributed by atoms with Gasteiger partial charge in [-0.1, -0.05) is 6.07 Å². The Hall–Kier alpha value is -3.73. The van der Waals surface area contributed by atoms with Gasteiger partial charge in [0.25, 0.3) is 0 Å². The number of rotatable bonds is 6. The first-order chi connectivity index (χ1) is 19.1. The molecular formula is C29H31F4N5O2. The third kappa shape index (κ3) is 5.34. The summed E-state index contributed by atoms with van der Waals surface area (Å²) in [4.78, 5) is 25.7. The molecule has 3 aromatic rings. The molecule has 1 spiro atoms. The van der Waals surface area contributed by atoms with E-state index in [0.717, 1.165) is 22.9 Å². The molecule has 5 rings (SSSR count). The lowest BCUT2D eigenvalue weighted by atomic mass is 9.69. The lowest BCUT2D eigenvalue weighted by Gasteiger charge is -2.49. The number of alkyl halides is 3. The summed E-state index contributed by atoms with van der Waals surface area (Å²) in [6.07, 6.45) is -1.84. The molecule has 2 N–H and O–H groups in total. The number of aromatic nitrogens is 2. The average molecular weight is 558 g/mol. The number of benzene rings is 1. The fourth-order valence-corrected chi connectivity index (χ4v) is 5.85. The van der Waals surface area contributed by atoms with Crippen LogP contribution in [0.5, 0.6) is 5.88 Å². The lowest BCUT2D eigenvalue weighted by molar-refractivity contribution is -0.137. The maximum absolute atomic E-state index is 13.7. The molecular weight excluding hydrogens is 526 g/mol. The van der Waals surface area contributed by atoms with Gasteiger partial charge < -0.3 is 20.3 Å². The van der Waals surface area contributed by atoms with Crippen molar-refractivity contribution in [2.75, 3.05) is 37.7 Å². The molecule has 0 aliphatic carbocycles. The van der Waals surface area contributed by atoms with Gasteiger partial charge in [0.15, 0.2) is 0 Å². The highest BCUT2D eigenvalue weighted by molar-refractivity contribution is 5.77. The SMILES string of the molecule is CCOc1ncccc1-c1ccc2c(n1)CN(C(=O)CCN)CC21CCN(c2ccc(F)cc2C(F)(F)F)CC1. The number of hydrogen-bond acceptors (Lipinski definition) is 6. The average Bonchev–Trinajstić information content (AvgIpc) is 2.93. The second kappa shape index (κ2) is 11.0. The van der Waals surface area contributed by atoms with Crippen LogP contribution in [-0.4, -0.2) is 53.6 Å². The third-order valence-electron chi connectivity index (χ3n) is 7.74. The zero-order valence-electron chi connectivity index (χ0n) is 22.2. The summed E-state index contributed by atoms with van der Waals surface area (Å²) in [7, 11) is 0. The first-order valence-corrected chi connectivity index (χ1v) is 13.3. The topological polar surface area (TPSA) is 84.6 Å². The molecule has 1 saturated heterocycles. The molecule has 40 heavy (non-hydrogen) atoms. The summed E-state index contributed by atoms with van der Waals surface area (Å²) < 4.78 is 60.6. The van der Waals surface area contributed by atoms with E-state index in [9.17, 15) is 22.4 Å². The molecule has 2 aromatic heterocycles. The maximum atomic E-state index is 13.7. The van der Waals surface area contributed by atoms with Crippen LogP contribution in [0.2, 0.25) is 0 Å². The number of ether oxygens (including phenoxy) is 1. The molecule has 212 valence electrons. The fourth-order valence-electron chi connectivity index (χ4n) is 5.85. The van der Waals surface area contributed by atoms with Crippen molar-refractivity contribution in [2.45, 2.75) is 44.3 Å². The number of fused-ring (bicyclic) bond motifs is 2. The van der Waals surface area contributed by atoms with E-state index in [0.29, 0.717) is 63.3 Å². The van der Waals surface area contributed by atoms with Crippen molar-refractivity contribution in [2.24, 2.45) is 5.73 Å². The highest BCUT2D eigenvalue weighted by Crippen LogP contribution is 2.45. The van der Waals surface area contributed by atoms with Gasteiger partial charge in [0.05, 0.1) is 35.7 Å². The Morgan fingerprint density at radius 3 is 2.62 bits per heavy atom. The molecule has 0 unspecified atom stereocenters. The molecule has 0 saturated carbocycles. The Balaban J connectivity index is 1.50. The Labute approximate surface area is 230 Å². The van der Waals surface area contributed by atoms with E-state index in [1.54, 1.807) is 22.1 Å². The van der Waals surface area contributed by atoms with Gasteiger partial charge >= 0.3 is 6.18 Å². The predicted octanol–water partition coefficient (Wildman–Crippen LogP) is 4.93. The normalized spacial score (nSPS) is 16.6. The fraction of sp³-hybridized carbons (Fsp3) is 0.414. The first kappa shape index (κ1) is 27.8. The zero-order valence-corrected chi connectivity index (χ0v) is 22.2. The van der Waals surface area contributed by atoms with Gasteiger partial charge in [0, 0.05) is 49.9 Å². The molecule has 2 aliphatic heterocycles. The number of pyridine rings is 2. The Morgan fingerprint density at radius 2 is 1.93 bits per heavy atom. The number of carbonyl (C=O) groups excluding carboxylic acids is 1. The van der Waals surface area contributed by atoms with Crippen LogP contribution in [0.3, 0.4) is 0 Å². The van der Waals surface area contributed by atoms with Gasteiger partial charge in [-0.2, -0.15) is 13.2 Å². The van der Waals surface area contributed by atoms with Crippen molar-refractivity contribution in [1.82, 2.24) is 14.9 Å². The molecule has 7 nitrogen and oxygen atoms in total.